The topological polar surface area (TPSA) is 137 Å². The van der Waals surface area contributed by atoms with Crippen LogP contribution in [0.4, 0.5) is 5.69 Å². The third-order valence-electron chi connectivity index (χ3n) is 2.69. The van der Waals surface area contributed by atoms with E-state index in [4.69, 9.17) is 17.2 Å². The molecule has 114 valence electrons. The molecule has 0 aliphatic carbocycles. The van der Waals surface area contributed by atoms with Crippen molar-refractivity contribution in [1.82, 2.24) is 0 Å². The summed E-state index contributed by atoms with van der Waals surface area (Å²) in [5.74, 6) is -0.486. The average Bonchev–Trinajstić information content (AvgIpc) is 2.47. The highest BCUT2D eigenvalue weighted by molar-refractivity contribution is 7.91. The summed E-state index contributed by atoms with van der Waals surface area (Å²) in [6.07, 6.45) is 0. The van der Waals surface area contributed by atoms with E-state index >= 15 is 0 Å². The van der Waals surface area contributed by atoms with Crippen LogP contribution in [0.5, 0.6) is 0 Å². The van der Waals surface area contributed by atoms with Crippen LogP contribution >= 0.6 is 0 Å². The molecule has 2 aromatic carbocycles. The zero-order chi connectivity index (χ0) is 16.2. The Morgan fingerprint density at radius 2 is 1.45 bits per heavy atom. The van der Waals surface area contributed by atoms with Crippen LogP contribution in [0.25, 0.3) is 0 Å². The number of rotatable bonds is 3. The smallest absolute Gasteiger partial charge is 0.223 e. The summed E-state index contributed by atoms with van der Waals surface area (Å²) in [5.41, 5.74) is 16.1. The van der Waals surface area contributed by atoms with E-state index in [1.807, 2.05) is 0 Å². The summed E-state index contributed by atoms with van der Waals surface area (Å²) in [6.45, 7) is 0. The number of aliphatic imine (C=N–C) groups is 2. The molecule has 6 N–H and O–H groups in total. The van der Waals surface area contributed by atoms with Gasteiger partial charge in [-0.2, -0.15) is 4.99 Å². The largest absolute Gasteiger partial charge is 0.370 e. The Morgan fingerprint density at radius 3 is 2.09 bits per heavy atom. The van der Waals surface area contributed by atoms with Crippen molar-refractivity contribution in [3.8, 4) is 0 Å². The van der Waals surface area contributed by atoms with Crippen molar-refractivity contribution in [2.24, 2.45) is 27.2 Å². The van der Waals surface area contributed by atoms with E-state index in [0.29, 0.717) is 0 Å². The maximum atomic E-state index is 12.7. The minimum absolute atomic E-state index is 0.0231. The molecular formula is C14H15N5O2S. The van der Waals surface area contributed by atoms with Gasteiger partial charge in [0.2, 0.25) is 15.8 Å². The summed E-state index contributed by atoms with van der Waals surface area (Å²) in [4.78, 5) is 7.72. The van der Waals surface area contributed by atoms with E-state index in [9.17, 15) is 8.42 Å². The van der Waals surface area contributed by atoms with E-state index in [1.54, 1.807) is 30.3 Å². The molecule has 0 saturated heterocycles. The lowest BCUT2D eigenvalue weighted by atomic mass is 10.3. The summed E-state index contributed by atoms with van der Waals surface area (Å²) in [6, 6.07) is 14.3. The van der Waals surface area contributed by atoms with Crippen molar-refractivity contribution < 1.29 is 8.42 Å². The quantitative estimate of drug-likeness (QED) is 0.566. The van der Waals surface area contributed by atoms with Crippen molar-refractivity contribution >= 4 is 27.4 Å². The fraction of sp³-hybridized carbons (Fsp3) is 0. The first-order valence-corrected chi connectivity index (χ1v) is 7.72. The standard InChI is InChI=1S/C14H15N5O2S/c15-13(16)19-14(17)18-11-8-4-5-9-12(11)22(20,21)10-6-2-1-3-7-10/h1-9H,(H6,15,16,17,18,19). The lowest BCUT2D eigenvalue weighted by Gasteiger charge is -2.07. The molecular weight excluding hydrogens is 302 g/mol. The Labute approximate surface area is 128 Å². The number of sulfone groups is 1. The molecule has 22 heavy (non-hydrogen) atoms. The summed E-state index contributed by atoms with van der Waals surface area (Å²) in [7, 11) is -3.72. The van der Waals surface area contributed by atoms with Gasteiger partial charge in [-0.3, -0.25) is 0 Å². The van der Waals surface area contributed by atoms with Crippen molar-refractivity contribution in [2.45, 2.75) is 9.79 Å². The normalized spacial score (nSPS) is 11.9. The van der Waals surface area contributed by atoms with Crippen LogP contribution in [-0.2, 0) is 9.84 Å². The van der Waals surface area contributed by atoms with Crippen LogP contribution in [0.3, 0.4) is 0 Å². The van der Waals surface area contributed by atoms with Gasteiger partial charge in [-0.15, -0.1) is 0 Å². The van der Waals surface area contributed by atoms with Crippen LogP contribution in [0.2, 0.25) is 0 Å². The highest BCUT2D eigenvalue weighted by atomic mass is 32.2. The Balaban J connectivity index is 2.57. The van der Waals surface area contributed by atoms with Gasteiger partial charge in [0, 0.05) is 0 Å². The third-order valence-corrected chi connectivity index (χ3v) is 4.50. The van der Waals surface area contributed by atoms with Crippen LogP contribution in [0, 0.1) is 0 Å². The second kappa shape index (κ2) is 6.27. The van der Waals surface area contributed by atoms with E-state index in [1.165, 1.54) is 24.3 Å². The minimum atomic E-state index is -3.72. The van der Waals surface area contributed by atoms with Crippen LogP contribution in [-0.4, -0.2) is 20.3 Å². The van der Waals surface area contributed by atoms with Gasteiger partial charge < -0.3 is 17.2 Å². The molecule has 8 heteroatoms. The molecule has 7 nitrogen and oxygen atoms in total. The van der Waals surface area contributed by atoms with Crippen molar-refractivity contribution in [2.75, 3.05) is 0 Å². The lowest BCUT2D eigenvalue weighted by Crippen LogP contribution is -2.26. The fourth-order valence-electron chi connectivity index (χ4n) is 1.78. The van der Waals surface area contributed by atoms with Gasteiger partial charge in [-0.1, -0.05) is 30.3 Å². The Morgan fingerprint density at radius 1 is 0.864 bits per heavy atom. The van der Waals surface area contributed by atoms with E-state index in [2.05, 4.69) is 9.98 Å². The SMILES string of the molecule is NC(N)=NC(N)=Nc1ccccc1S(=O)(=O)c1ccccc1. The highest BCUT2D eigenvalue weighted by Crippen LogP contribution is 2.29. The van der Waals surface area contributed by atoms with Gasteiger partial charge in [-0.25, -0.2) is 13.4 Å². The number of benzene rings is 2. The predicted octanol–water partition coefficient (Wildman–Crippen LogP) is 0.739. The van der Waals surface area contributed by atoms with Crippen LogP contribution < -0.4 is 17.2 Å². The zero-order valence-corrected chi connectivity index (χ0v) is 12.4. The van der Waals surface area contributed by atoms with Crippen molar-refractivity contribution in [3.63, 3.8) is 0 Å². The molecule has 0 aromatic heterocycles. The van der Waals surface area contributed by atoms with E-state index < -0.39 is 9.84 Å². The maximum absolute atomic E-state index is 12.7. The Kier molecular flexibility index (Phi) is 4.42. The average molecular weight is 317 g/mol. The first kappa shape index (κ1) is 15.5. The minimum Gasteiger partial charge on any atom is -0.370 e. The van der Waals surface area contributed by atoms with Gasteiger partial charge in [-0.05, 0) is 24.3 Å². The van der Waals surface area contributed by atoms with Gasteiger partial charge in [0.25, 0.3) is 0 Å². The molecule has 0 atom stereocenters. The highest BCUT2D eigenvalue weighted by Gasteiger charge is 2.20. The molecule has 0 spiro atoms. The first-order valence-electron chi connectivity index (χ1n) is 6.24. The molecule has 0 amide bonds. The van der Waals surface area contributed by atoms with Crippen molar-refractivity contribution in [3.05, 3.63) is 54.6 Å². The molecule has 2 rings (SSSR count). The summed E-state index contributed by atoms with van der Waals surface area (Å²) in [5, 5.41) is 0. The Bertz CT molecular complexity index is 825. The number of hydrogen-bond donors (Lipinski definition) is 3. The first-order chi connectivity index (χ1) is 10.4. The van der Waals surface area contributed by atoms with E-state index in [0.717, 1.165) is 0 Å². The molecule has 0 fully saturated rings. The molecule has 0 aliphatic heterocycles. The molecule has 0 aliphatic rings. The van der Waals surface area contributed by atoms with E-state index in [-0.39, 0.29) is 27.4 Å². The molecule has 0 radical (unpaired) electrons. The number of hydrogen-bond acceptors (Lipinski definition) is 3. The number of nitrogens with zero attached hydrogens (tertiary/aromatic N) is 2. The molecule has 0 saturated carbocycles. The summed E-state index contributed by atoms with van der Waals surface area (Å²) >= 11 is 0. The monoisotopic (exact) mass is 317 g/mol. The predicted molar refractivity (Wildman–Crippen MR) is 85.4 cm³/mol. The molecule has 0 unspecified atom stereocenters. The Hall–Kier alpha value is -2.87. The van der Waals surface area contributed by atoms with Gasteiger partial charge in [0.1, 0.15) is 0 Å². The van der Waals surface area contributed by atoms with Gasteiger partial charge in [0.15, 0.2) is 5.96 Å². The molecule has 0 heterocycles. The second-order valence-electron chi connectivity index (χ2n) is 4.29. The van der Waals surface area contributed by atoms with Gasteiger partial charge >= 0.3 is 0 Å². The fourth-order valence-corrected chi connectivity index (χ4v) is 3.20. The number of para-hydroxylation sites is 1. The third kappa shape index (κ3) is 3.41. The lowest BCUT2D eigenvalue weighted by molar-refractivity contribution is 0.596. The summed E-state index contributed by atoms with van der Waals surface area (Å²) < 4.78 is 25.3. The maximum Gasteiger partial charge on any atom is 0.223 e. The molecule has 2 aromatic rings. The molecule has 0 bridgehead atoms. The van der Waals surface area contributed by atoms with Crippen LogP contribution in [0.1, 0.15) is 0 Å². The number of guanidine groups is 2. The zero-order valence-electron chi connectivity index (χ0n) is 11.5. The second-order valence-corrected chi connectivity index (χ2v) is 6.21. The van der Waals surface area contributed by atoms with Gasteiger partial charge in [0.05, 0.1) is 15.5 Å². The van der Waals surface area contributed by atoms with Crippen LogP contribution in [0.15, 0.2) is 74.4 Å². The van der Waals surface area contributed by atoms with Crippen molar-refractivity contribution in [1.29, 1.82) is 0 Å². The number of nitrogens with two attached hydrogens (primary N) is 3.